The molecular weight excluding hydrogens is 162 g/mol. The molecule has 5 nitrogen and oxygen atoms in total. The molecule has 0 aliphatic rings. The summed E-state index contributed by atoms with van der Waals surface area (Å²) in [4.78, 5) is 20.4. The SMILES string of the molecule is CN[C@@H](CCC(=O)O)CC(=O)O. The smallest absolute Gasteiger partial charge is 0.304 e. The van der Waals surface area contributed by atoms with Gasteiger partial charge in [-0.25, -0.2) is 0 Å². The van der Waals surface area contributed by atoms with E-state index in [2.05, 4.69) is 5.32 Å². The molecule has 70 valence electrons. The first-order valence-electron chi connectivity index (χ1n) is 3.67. The summed E-state index contributed by atoms with van der Waals surface area (Å²) in [6.07, 6.45) is 0.306. The molecule has 0 aliphatic heterocycles. The molecule has 0 saturated heterocycles. The Balaban J connectivity index is 3.67. The van der Waals surface area contributed by atoms with E-state index in [0.717, 1.165) is 0 Å². The van der Waals surface area contributed by atoms with Crippen LogP contribution in [0.1, 0.15) is 19.3 Å². The zero-order chi connectivity index (χ0) is 9.56. The minimum atomic E-state index is -0.917. The molecular formula is C7H13NO4. The molecule has 0 spiro atoms. The average molecular weight is 175 g/mol. The average Bonchev–Trinajstić information content (AvgIpc) is 1.97. The van der Waals surface area contributed by atoms with Gasteiger partial charge in [-0.2, -0.15) is 0 Å². The van der Waals surface area contributed by atoms with Gasteiger partial charge >= 0.3 is 11.9 Å². The highest BCUT2D eigenvalue weighted by atomic mass is 16.4. The second kappa shape index (κ2) is 5.54. The third-order valence-corrected chi connectivity index (χ3v) is 1.54. The lowest BCUT2D eigenvalue weighted by molar-refractivity contribution is -0.139. The van der Waals surface area contributed by atoms with Gasteiger partial charge in [0.25, 0.3) is 0 Å². The summed E-state index contributed by atoms with van der Waals surface area (Å²) in [5, 5.41) is 19.5. The number of carboxylic acids is 2. The van der Waals surface area contributed by atoms with Crippen molar-refractivity contribution in [1.29, 1.82) is 0 Å². The van der Waals surface area contributed by atoms with Crippen LogP contribution in [-0.4, -0.2) is 35.2 Å². The fourth-order valence-corrected chi connectivity index (χ4v) is 0.857. The Bertz CT molecular complexity index is 169. The summed E-state index contributed by atoms with van der Waals surface area (Å²) < 4.78 is 0. The van der Waals surface area contributed by atoms with Crippen molar-refractivity contribution in [3.8, 4) is 0 Å². The lowest BCUT2D eigenvalue weighted by Crippen LogP contribution is -2.28. The number of rotatable bonds is 6. The molecule has 0 fully saturated rings. The Morgan fingerprint density at radius 3 is 2.25 bits per heavy atom. The van der Waals surface area contributed by atoms with Crippen LogP contribution in [0.2, 0.25) is 0 Å². The Kier molecular flexibility index (Phi) is 5.03. The monoisotopic (exact) mass is 175 g/mol. The van der Waals surface area contributed by atoms with Crippen LogP contribution in [0.4, 0.5) is 0 Å². The van der Waals surface area contributed by atoms with Crippen molar-refractivity contribution >= 4 is 11.9 Å². The molecule has 0 heterocycles. The van der Waals surface area contributed by atoms with E-state index < -0.39 is 11.9 Å². The molecule has 0 unspecified atom stereocenters. The van der Waals surface area contributed by atoms with Gasteiger partial charge in [0.15, 0.2) is 0 Å². The third-order valence-electron chi connectivity index (χ3n) is 1.54. The summed E-state index contributed by atoms with van der Waals surface area (Å²) in [6.45, 7) is 0. The number of hydrogen-bond acceptors (Lipinski definition) is 3. The lowest BCUT2D eigenvalue weighted by atomic mass is 10.1. The number of carboxylic acid groups (broad SMARTS) is 2. The van der Waals surface area contributed by atoms with Crippen molar-refractivity contribution in [1.82, 2.24) is 5.32 Å². The molecule has 0 rings (SSSR count). The van der Waals surface area contributed by atoms with Crippen molar-refractivity contribution in [2.75, 3.05) is 7.05 Å². The summed E-state index contributed by atoms with van der Waals surface area (Å²) in [6, 6.07) is -0.251. The molecule has 0 radical (unpaired) electrons. The van der Waals surface area contributed by atoms with E-state index in [9.17, 15) is 9.59 Å². The summed E-state index contributed by atoms with van der Waals surface area (Å²) >= 11 is 0. The second-order valence-electron chi connectivity index (χ2n) is 2.52. The molecule has 12 heavy (non-hydrogen) atoms. The van der Waals surface area contributed by atoms with E-state index in [0.29, 0.717) is 6.42 Å². The van der Waals surface area contributed by atoms with E-state index in [4.69, 9.17) is 10.2 Å². The van der Waals surface area contributed by atoms with Crippen LogP contribution in [-0.2, 0) is 9.59 Å². The van der Waals surface area contributed by atoms with Gasteiger partial charge in [-0.15, -0.1) is 0 Å². The molecule has 1 atom stereocenters. The highest BCUT2D eigenvalue weighted by Crippen LogP contribution is 2.01. The zero-order valence-electron chi connectivity index (χ0n) is 6.91. The van der Waals surface area contributed by atoms with Crippen molar-refractivity contribution in [3.05, 3.63) is 0 Å². The van der Waals surface area contributed by atoms with Crippen LogP contribution < -0.4 is 5.32 Å². The molecule has 0 aliphatic carbocycles. The first-order valence-corrected chi connectivity index (χ1v) is 3.67. The Morgan fingerprint density at radius 1 is 1.33 bits per heavy atom. The molecule has 0 saturated carbocycles. The minimum Gasteiger partial charge on any atom is -0.481 e. The van der Waals surface area contributed by atoms with Gasteiger partial charge in [0.05, 0.1) is 6.42 Å². The van der Waals surface area contributed by atoms with Crippen LogP contribution in [0.5, 0.6) is 0 Å². The second-order valence-corrected chi connectivity index (χ2v) is 2.52. The standard InChI is InChI=1S/C7H13NO4/c1-8-5(4-7(11)12)2-3-6(9)10/h5,8H,2-4H2,1H3,(H,9,10)(H,11,12)/t5-/m0/s1. The molecule has 3 N–H and O–H groups in total. The molecule has 0 aromatic heterocycles. The first kappa shape index (κ1) is 10.9. The topological polar surface area (TPSA) is 86.6 Å². The van der Waals surface area contributed by atoms with Gasteiger partial charge in [0, 0.05) is 12.5 Å². The molecule has 0 amide bonds. The Morgan fingerprint density at radius 2 is 1.92 bits per heavy atom. The molecule has 0 bridgehead atoms. The Hall–Kier alpha value is -1.10. The number of carbonyl (C=O) groups is 2. The van der Waals surface area contributed by atoms with E-state index in [1.807, 2.05) is 0 Å². The van der Waals surface area contributed by atoms with Gasteiger partial charge in [-0.1, -0.05) is 0 Å². The van der Waals surface area contributed by atoms with Crippen LogP contribution in [0.3, 0.4) is 0 Å². The quantitative estimate of drug-likeness (QED) is 0.525. The van der Waals surface area contributed by atoms with E-state index >= 15 is 0 Å². The largest absolute Gasteiger partial charge is 0.481 e. The van der Waals surface area contributed by atoms with Crippen molar-refractivity contribution in [2.24, 2.45) is 0 Å². The molecule has 5 heteroatoms. The molecule has 0 aromatic rings. The maximum atomic E-state index is 10.2. The summed E-state index contributed by atoms with van der Waals surface area (Å²) in [5.41, 5.74) is 0. The van der Waals surface area contributed by atoms with Crippen LogP contribution in [0, 0.1) is 0 Å². The fourth-order valence-electron chi connectivity index (χ4n) is 0.857. The minimum absolute atomic E-state index is 0.00120. The van der Waals surface area contributed by atoms with Crippen LogP contribution in [0.25, 0.3) is 0 Å². The number of hydrogen-bond donors (Lipinski definition) is 3. The van der Waals surface area contributed by atoms with E-state index in [-0.39, 0.29) is 18.9 Å². The van der Waals surface area contributed by atoms with Gasteiger partial charge in [-0.05, 0) is 13.5 Å². The predicted molar refractivity (Wildman–Crippen MR) is 42.0 cm³/mol. The van der Waals surface area contributed by atoms with Crippen LogP contribution in [0.15, 0.2) is 0 Å². The zero-order valence-corrected chi connectivity index (χ0v) is 6.91. The van der Waals surface area contributed by atoms with E-state index in [1.54, 1.807) is 7.05 Å². The summed E-state index contributed by atoms with van der Waals surface area (Å²) in [5.74, 6) is -1.82. The van der Waals surface area contributed by atoms with Crippen molar-refractivity contribution < 1.29 is 19.8 Å². The number of nitrogens with one attached hydrogen (secondary N) is 1. The fraction of sp³-hybridized carbons (Fsp3) is 0.714. The van der Waals surface area contributed by atoms with E-state index in [1.165, 1.54) is 0 Å². The van der Waals surface area contributed by atoms with Gasteiger partial charge in [0.1, 0.15) is 0 Å². The summed E-state index contributed by atoms with van der Waals surface area (Å²) in [7, 11) is 1.62. The van der Waals surface area contributed by atoms with Crippen LogP contribution >= 0.6 is 0 Å². The van der Waals surface area contributed by atoms with Gasteiger partial charge in [-0.3, -0.25) is 9.59 Å². The first-order chi connectivity index (χ1) is 5.56. The van der Waals surface area contributed by atoms with Crippen molar-refractivity contribution in [3.63, 3.8) is 0 Å². The van der Waals surface area contributed by atoms with Gasteiger partial charge < -0.3 is 15.5 Å². The van der Waals surface area contributed by atoms with Crippen molar-refractivity contribution in [2.45, 2.75) is 25.3 Å². The number of aliphatic carboxylic acids is 2. The normalized spacial score (nSPS) is 12.4. The highest BCUT2D eigenvalue weighted by molar-refractivity contribution is 5.68. The lowest BCUT2D eigenvalue weighted by Gasteiger charge is -2.11. The maximum absolute atomic E-state index is 10.2. The Labute approximate surface area is 70.4 Å². The highest BCUT2D eigenvalue weighted by Gasteiger charge is 2.11. The maximum Gasteiger partial charge on any atom is 0.304 e. The van der Waals surface area contributed by atoms with Gasteiger partial charge in [0.2, 0.25) is 0 Å². The third kappa shape index (κ3) is 5.67. The predicted octanol–water partition coefficient (Wildman–Crippen LogP) is -0.0861. The molecule has 0 aromatic carbocycles.